The van der Waals surface area contributed by atoms with Crippen molar-refractivity contribution in [3.05, 3.63) is 39.5 Å². The van der Waals surface area contributed by atoms with E-state index in [1.807, 2.05) is 0 Å². The van der Waals surface area contributed by atoms with E-state index in [0.717, 1.165) is 0 Å². The number of hydrogen-bond acceptors (Lipinski definition) is 3. The topological polar surface area (TPSA) is 124 Å². The van der Waals surface area contributed by atoms with E-state index in [2.05, 4.69) is 43.8 Å². The average molecular weight is 262 g/mol. The van der Waals surface area contributed by atoms with Crippen molar-refractivity contribution in [2.24, 2.45) is 0 Å². The van der Waals surface area contributed by atoms with Gasteiger partial charge in [-0.1, -0.05) is 0 Å². The van der Waals surface area contributed by atoms with Gasteiger partial charge in [0.2, 0.25) is 0 Å². The minimum absolute atomic E-state index is 2.96. The van der Waals surface area contributed by atoms with Crippen LogP contribution in [0.4, 0.5) is 0 Å². The molecule has 0 aliphatic rings. The van der Waals surface area contributed by atoms with Crippen LogP contribution < -0.4 is 0 Å². The predicted octanol–water partition coefficient (Wildman–Crippen LogP) is 1.60. The molecule has 0 amide bonds. The van der Waals surface area contributed by atoms with Gasteiger partial charge in [0.05, 0.1) is 0 Å². The van der Waals surface area contributed by atoms with E-state index in [9.17, 15) is 9.13 Å². The Morgan fingerprint density at radius 1 is 0.667 bits per heavy atom. The van der Waals surface area contributed by atoms with E-state index in [-0.39, 0.29) is 0 Å². The highest BCUT2D eigenvalue weighted by Gasteiger charge is 2.27. The number of phosphoric acid groups is 2. The SMILES string of the molecule is C=C.C=C.C=C.O=P(O)(O)OP(=O)(O)O. The first-order chi connectivity index (χ1) is 6.71. The lowest BCUT2D eigenvalue weighted by atomic mass is 11.3. The summed E-state index contributed by atoms with van der Waals surface area (Å²) in [5.41, 5.74) is 0. The Kier molecular flexibility index (Phi) is 21.5. The molecule has 0 rings (SSSR count). The van der Waals surface area contributed by atoms with Crippen LogP contribution in [-0.2, 0) is 13.4 Å². The zero-order chi connectivity index (χ0) is 13.7. The molecule has 0 aromatic rings. The normalized spacial score (nSPS) is 9.07. The maximum absolute atomic E-state index is 9.63. The summed E-state index contributed by atoms with van der Waals surface area (Å²) in [5, 5.41) is 0. The molecular weight excluding hydrogens is 246 g/mol. The summed E-state index contributed by atoms with van der Waals surface area (Å²) in [6.45, 7) is 18.0. The molecule has 15 heavy (non-hydrogen) atoms. The van der Waals surface area contributed by atoms with E-state index < -0.39 is 15.6 Å². The highest BCUT2D eigenvalue weighted by Crippen LogP contribution is 2.53. The number of rotatable bonds is 2. The molecule has 9 heteroatoms. The van der Waals surface area contributed by atoms with E-state index in [0.29, 0.717) is 0 Å². The Bertz CT molecular complexity index is 193. The Balaban J connectivity index is -0.0000000860. The summed E-state index contributed by atoms with van der Waals surface area (Å²) in [5.74, 6) is 0. The van der Waals surface area contributed by atoms with Crippen molar-refractivity contribution in [3.8, 4) is 0 Å². The third kappa shape index (κ3) is 59.2. The molecule has 0 aromatic heterocycles. The third-order valence-corrected chi connectivity index (χ3v) is 1.91. The van der Waals surface area contributed by atoms with Crippen molar-refractivity contribution in [3.63, 3.8) is 0 Å². The predicted molar refractivity (Wildman–Crippen MR) is 58.9 cm³/mol. The Hall–Kier alpha value is -0.520. The molecule has 0 aliphatic carbocycles. The van der Waals surface area contributed by atoms with Crippen molar-refractivity contribution < 1.29 is 33.0 Å². The quantitative estimate of drug-likeness (QED) is 0.440. The smallest absolute Gasteiger partial charge is 0.302 e. The molecule has 0 radical (unpaired) electrons. The highest BCUT2D eigenvalue weighted by atomic mass is 31.3. The Morgan fingerprint density at radius 3 is 0.800 bits per heavy atom. The van der Waals surface area contributed by atoms with Gasteiger partial charge in [-0.3, -0.25) is 0 Å². The van der Waals surface area contributed by atoms with Gasteiger partial charge >= 0.3 is 15.6 Å². The molecule has 0 spiro atoms. The summed E-state index contributed by atoms with van der Waals surface area (Å²) in [6, 6.07) is 0. The van der Waals surface area contributed by atoms with Gasteiger partial charge in [-0.25, -0.2) is 9.13 Å². The van der Waals surface area contributed by atoms with Crippen molar-refractivity contribution in [2.75, 3.05) is 0 Å². The summed E-state index contributed by atoms with van der Waals surface area (Å²) < 4.78 is 22.2. The molecule has 0 saturated heterocycles. The van der Waals surface area contributed by atoms with Crippen molar-refractivity contribution in [1.29, 1.82) is 0 Å². The van der Waals surface area contributed by atoms with Gasteiger partial charge in [0.1, 0.15) is 0 Å². The summed E-state index contributed by atoms with van der Waals surface area (Å²) in [7, 11) is -10.1. The maximum atomic E-state index is 9.63. The second-order valence-electron chi connectivity index (χ2n) is 1.06. The Labute approximate surface area is 88.9 Å². The molecule has 0 heterocycles. The first kappa shape index (κ1) is 24.0. The summed E-state index contributed by atoms with van der Waals surface area (Å²) in [6.07, 6.45) is 0. The van der Waals surface area contributed by atoms with Gasteiger partial charge in [0.25, 0.3) is 0 Å². The second kappa shape index (κ2) is 13.5. The van der Waals surface area contributed by atoms with Gasteiger partial charge in [0, 0.05) is 0 Å². The lowest BCUT2D eigenvalue weighted by Crippen LogP contribution is -1.84. The van der Waals surface area contributed by atoms with Gasteiger partial charge in [0.15, 0.2) is 0 Å². The van der Waals surface area contributed by atoms with E-state index in [1.165, 1.54) is 0 Å². The van der Waals surface area contributed by atoms with Crippen molar-refractivity contribution >= 4 is 15.6 Å². The Morgan fingerprint density at radius 2 is 0.800 bits per heavy atom. The van der Waals surface area contributed by atoms with Crippen LogP contribution >= 0.6 is 15.6 Å². The van der Waals surface area contributed by atoms with Crippen molar-refractivity contribution in [2.45, 2.75) is 0 Å². The fraction of sp³-hybridized carbons (Fsp3) is 0. The molecule has 0 unspecified atom stereocenters. The first-order valence-corrected chi connectivity index (χ1v) is 6.09. The third-order valence-electron chi connectivity index (χ3n) is 0.213. The van der Waals surface area contributed by atoms with Crippen LogP contribution in [0.3, 0.4) is 0 Å². The molecule has 0 aliphatic heterocycles. The van der Waals surface area contributed by atoms with Crippen LogP contribution in [0.25, 0.3) is 0 Å². The summed E-state index contributed by atoms with van der Waals surface area (Å²) >= 11 is 0. The minimum Gasteiger partial charge on any atom is -0.302 e. The molecule has 4 N–H and O–H groups in total. The zero-order valence-corrected chi connectivity index (χ0v) is 9.94. The molecule has 0 bridgehead atoms. The van der Waals surface area contributed by atoms with E-state index in [4.69, 9.17) is 19.6 Å². The summed E-state index contributed by atoms with van der Waals surface area (Å²) in [4.78, 5) is 31.0. The monoisotopic (exact) mass is 262 g/mol. The second-order valence-corrected chi connectivity index (χ2v) is 3.68. The largest absolute Gasteiger partial charge is 0.478 e. The van der Waals surface area contributed by atoms with Crippen LogP contribution in [0.5, 0.6) is 0 Å². The lowest BCUT2D eigenvalue weighted by molar-refractivity contribution is 0.225. The maximum Gasteiger partial charge on any atom is 0.478 e. The van der Waals surface area contributed by atoms with Gasteiger partial charge in [-0.2, -0.15) is 4.31 Å². The van der Waals surface area contributed by atoms with Crippen LogP contribution in [0.2, 0.25) is 0 Å². The van der Waals surface area contributed by atoms with E-state index in [1.54, 1.807) is 0 Å². The van der Waals surface area contributed by atoms with Crippen LogP contribution in [0, 0.1) is 0 Å². The number of hydrogen-bond donors (Lipinski definition) is 4. The minimum atomic E-state index is -5.05. The van der Waals surface area contributed by atoms with Gasteiger partial charge < -0.3 is 19.6 Å². The first-order valence-electron chi connectivity index (χ1n) is 3.03. The molecule has 7 nitrogen and oxygen atoms in total. The molecule has 0 saturated carbocycles. The average Bonchev–Trinajstić information content (AvgIpc) is 2.09. The van der Waals surface area contributed by atoms with Crippen molar-refractivity contribution in [1.82, 2.24) is 0 Å². The molecular formula is C6H16O7P2. The standard InChI is InChI=1S/3C2H4.H4O7P2/c3*1-2;1-8(2,3)7-9(4,5)6/h3*1-2H2;(H2,1,2,3)(H2,4,5,6). The molecule has 0 aromatic carbocycles. The van der Waals surface area contributed by atoms with Gasteiger partial charge in [-0.15, -0.1) is 39.5 Å². The molecule has 0 fully saturated rings. The van der Waals surface area contributed by atoms with Crippen LogP contribution in [0.15, 0.2) is 39.5 Å². The van der Waals surface area contributed by atoms with E-state index >= 15 is 0 Å². The molecule has 0 atom stereocenters. The fourth-order valence-electron chi connectivity index (χ4n) is 0.139. The fourth-order valence-corrected chi connectivity index (χ4v) is 1.25. The van der Waals surface area contributed by atoms with Gasteiger partial charge in [-0.05, 0) is 0 Å². The highest BCUT2D eigenvalue weighted by molar-refractivity contribution is 7.60. The van der Waals surface area contributed by atoms with Crippen LogP contribution in [0.1, 0.15) is 0 Å². The lowest BCUT2D eigenvalue weighted by Gasteiger charge is -2.03. The molecule has 92 valence electrons. The van der Waals surface area contributed by atoms with Crippen LogP contribution in [-0.4, -0.2) is 19.6 Å². The zero-order valence-electron chi connectivity index (χ0n) is 8.15.